The number of hydrogen-bond acceptors (Lipinski definition) is 7. The SMILES string of the molecule is O=[N+]([O-])c1ccc(CN2CCN(c3cc(C(F)(F)F)ncn3)CC2)o1. The quantitative estimate of drug-likeness (QED) is 0.613. The highest BCUT2D eigenvalue weighted by molar-refractivity contribution is 5.40. The maximum absolute atomic E-state index is 12.7. The van der Waals surface area contributed by atoms with Gasteiger partial charge in [0.1, 0.15) is 28.5 Å². The van der Waals surface area contributed by atoms with Gasteiger partial charge in [0, 0.05) is 32.2 Å². The van der Waals surface area contributed by atoms with Crippen molar-refractivity contribution < 1.29 is 22.5 Å². The molecule has 0 N–H and O–H groups in total. The van der Waals surface area contributed by atoms with Crippen LogP contribution in [0.3, 0.4) is 0 Å². The number of aromatic nitrogens is 2. The van der Waals surface area contributed by atoms with Gasteiger partial charge in [0.15, 0.2) is 0 Å². The lowest BCUT2D eigenvalue weighted by Gasteiger charge is -2.34. The Hall–Kier alpha value is -2.69. The van der Waals surface area contributed by atoms with Crippen LogP contribution in [0, 0.1) is 10.1 Å². The molecule has 1 aliphatic rings. The second kappa shape index (κ2) is 6.67. The highest BCUT2D eigenvalue weighted by atomic mass is 19.4. The molecule has 2 aromatic rings. The minimum absolute atomic E-state index is 0.232. The number of hydrogen-bond donors (Lipinski definition) is 0. The molecule has 0 spiro atoms. The van der Waals surface area contributed by atoms with Gasteiger partial charge in [0.25, 0.3) is 0 Å². The number of nitrogens with zero attached hydrogens (tertiary/aromatic N) is 5. The Bertz CT molecular complexity index is 756. The Morgan fingerprint density at radius 1 is 1.20 bits per heavy atom. The summed E-state index contributed by atoms with van der Waals surface area (Å²) in [6, 6.07) is 3.78. The number of rotatable bonds is 4. The zero-order valence-electron chi connectivity index (χ0n) is 12.9. The van der Waals surface area contributed by atoms with Crippen LogP contribution in [0.15, 0.2) is 28.9 Å². The Balaban J connectivity index is 1.59. The minimum atomic E-state index is -4.51. The van der Waals surface area contributed by atoms with Crippen LogP contribution < -0.4 is 4.90 Å². The summed E-state index contributed by atoms with van der Waals surface area (Å²) in [5.74, 6) is 0.395. The molecular formula is C14H14F3N5O3. The summed E-state index contributed by atoms with van der Waals surface area (Å²) < 4.78 is 43.3. The van der Waals surface area contributed by atoms with E-state index in [1.54, 1.807) is 11.0 Å². The number of nitro groups is 1. The van der Waals surface area contributed by atoms with E-state index in [4.69, 9.17) is 4.42 Å². The van der Waals surface area contributed by atoms with Crippen molar-refractivity contribution in [1.82, 2.24) is 14.9 Å². The van der Waals surface area contributed by atoms with E-state index in [1.807, 2.05) is 4.90 Å². The van der Waals surface area contributed by atoms with E-state index in [0.29, 0.717) is 38.5 Å². The molecule has 2 aromatic heterocycles. The molecule has 0 aliphatic carbocycles. The fraction of sp³-hybridized carbons (Fsp3) is 0.429. The average Bonchev–Trinajstić information content (AvgIpc) is 3.04. The highest BCUT2D eigenvalue weighted by Gasteiger charge is 2.33. The molecule has 1 saturated heterocycles. The van der Waals surface area contributed by atoms with E-state index in [1.165, 1.54) is 6.07 Å². The van der Waals surface area contributed by atoms with Gasteiger partial charge in [-0.05, 0) is 6.07 Å². The molecule has 1 aliphatic heterocycles. The van der Waals surface area contributed by atoms with Gasteiger partial charge >= 0.3 is 12.1 Å². The van der Waals surface area contributed by atoms with Crippen molar-refractivity contribution in [3.8, 4) is 0 Å². The zero-order chi connectivity index (χ0) is 18.0. The van der Waals surface area contributed by atoms with Gasteiger partial charge in [-0.2, -0.15) is 13.2 Å². The number of alkyl halides is 3. The summed E-state index contributed by atoms with van der Waals surface area (Å²) in [6.45, 7) is 2.51. The summed E-state index contributed by atoms with van der Waals surface area (Å²) in [7, 11) is 0. The molecular weight excluding hydrogens is 343 g/mol. The molecule has 0 atom stereocenters. The number of anilines is 1. The Morgan fingerprint density at radius 3 is 2.52 bits per heavy atom. The number of piperazine rings is 1. The highest BCUT2D eigenvalue weighted by Crippen LogP contribution is 2.29. The molecule has 0 amide bonds. The summed E-state index contributed by atoms with van der Waals surface area (Å²) >= 11 is 0. The lowest BCUT2D eigenvalue weighted by atomic mass is 10.2. The standard InChI is InChI=1S/C14H14F3N5O3/c15-14(16,17)11-7-12(19-9-18-11)21-5-3-20(4-6-21)8-10-1-2-13(25-10)22(23)24/h1-2,7,9H,3-6,8H2. The second-order valence-corrected chi connectivity index (χ2v) is 5.52. The Labute approximate surface area is 140 Å². The van der Waals surface area contributed by atoms with Crippen molar-refractivity contribution in [3.05, 3.63) is 46.1 Å². The lowest BCUT2D eigenvalue weighted by molar-refractivity contribution is -0.402. The van der Waals surface area contributed by atoms with E-state index in [9.17, 15) is 23.3 Å². The van der Waals surface area contributed by atoms with Crippen LogP contribution in [0.25, 0.3) is 0 Å². The normalized spacial score (nSPS) is 16.2. The minimum Gasteiger partial charge on any atom is -0.404 e. The second-order valence-electron chi connectivity index (χ2n) is 5.52. The Morgan fingerprint density at radius 2 is 1.92 bits per heavy atom. The van der Waals surface area contributed by atoms with E-state index in [0.717, 1.165) is 12.4 Å². The van der Waals surface area contributed by atoms with Crippen molar-refractivity contribution in [2.45, 2.75) is 12.7 Å². The van der Waals surface area contributed by atoms with Crippen LogP contribution in [0.5, 0.6) is 0 Å². The van der Waals surface area contributed by atoms with Gasteiger partial charge in [0.05, 0.1) is 12.6 Å². The van der Waals surface area contributed by atoms with Gasteiger partial charge in [-0.1, -0.05) is 0 Å². The van der Waals surface area contributed by atoms with Crippen molar-refractivity contribution in [2.75, 3.05) is 31.1 Å². The first-order valence-corrected chi connectivity index (χ1v) is 7.42. The molecule has 0 radical (unpaired) electrons. The molecule has 134 valence electrons. The third kappa shape index (κ3) is 4.05. The molecule has 0 aromatic carbocycles. The van der Waals surface area contributed by atoms with Crippen LogP contribution in [-0.4, -0.2) is 46.0 Å². The third-order valence-electron chi connectivity index (χ3n) is 3.85. The lowest BCUT2D eigenvalue weighted by Crippen LogP contribution is -2.46. The van der Waals surface area contributed by atoms with Crippen LogP contribution in [0.1, 0.15) is 11.5 Å². The van der Waals surface area contributed by atoms with Gasteiger partial charge in [0.2, 0.25) is 0 Å². The van der Waals surface area contributed by atoms with E-state index < -0.39 is 16.8 Å². The van der Waals surface area contributed by atoms with Gasteiger partial charge in [-0.25, -0.2) is 9.97 Å². The van der Waals surface area contributed by atoms with Crippen molar-refractivity contribution in [1.29, 1.82) is 0 Å². The molecule has 0 saturated carbocycles. The van der Waals surface area contributed by atoms with E-state index in [2.05, 4.69) is 9.97 Å². The van der Waals surface area contributed by atoms with Crippen LogP contribution >= 0.6 is 0 Å². The maximum Gasteiger partial charge on any atom is 0.433 e. The molecule has 1 fully saturated rings. The fourth-order valence-corrected chi connectivity index (χ4v) is 2.58. The van der Waals surface area contributed by atoms with Gasteiger partial charge in [-0.3, -0.25) is 15.0 Å². The van der Waals surface area contributed by atoms with Crippen LogP contribution in [0.4, 0.5) is 24.9 Å². The van der Waals surface area contributed by atoms with Gasteiger partial charge in [-0.15, -0.1) is 0 Å². The zero-order valence-corrected chi connectivity index (χ0v) is 12.9. The molecule has 8 nitrogen and oxygen atoms in total. The summed E-state index contributed by atoms with van der Waals surface area (Å²) in [6.07, 6.45) is -3.60. The molecule has 3 rings (SSSR count). The summed E-state index contributed by atoms with van der Waals surface area (Å²) in [4.78, 5) is 20.9. The first-order valence-electron chi connectivity index (χ1n) is 7.42. The fourth-order valence-electron chi connectivity index (χ4n) is 2.58. The predicted octanol–water partition coefficient (Wildman–Crippen LogP) is 2.32. The first kappa shape index (κ1) is 17.1. The van der Waals surface area contributed by atoms with E-state index in [-0.39, 0.29) is 11.7 Å². The number of furan rings is 1. The monoisotopic (exact) mass is 357 g/mol. The van der Waals surface area contributed by atoms with Crippen LogP contribution in [0.2, 0.25) is 0 Å². The molecule has 3 heterocycles. The Kier molecular flexibility index (Phi) is 4.57. The van der Waals surface area contributed by atoms with Gasteiger partial charge < -0.3 is 9.32 Å². The van der Waals surface area contributed by atoms with Crippen molar-refractivity contribution >= 4 is 11.7 Å². The topological polar surface area (TPSA) is 88.5 Å². The number of halogens is 3. The largest absolute Gasteiger partial charge is 0.433 e. The maximum atomic E-state index is 12.7. The molecule has 11 heteroatoms. The van der Waals surface area contributed by atoms with E-state index >= 15 is 0 Å². The molecule has 0 bridgehead atoms. The predicted molar refractivity (Wildman–Crippen MR) is 79.9 cm³/mol. The van der Waals surface area contributed by atoms with Crippen molar-refractivity contribution in [2.24, 2.45) is 0 Å². The van der Waals surface area contributed by atoms with Crippen LogP contribution in [-0.2, 0) is 12.7 Å². The first-order chi connectivity index (χ1) is 11.8. The van der Waals surface area contributed by atoms with Crippen molar-refractivity contribution in [3.63, 3.8) is 0 Å². The summed E-state index contributed by atoms with van der Waals surface area (Å²) in [5, 5.41) is 10.6. The molecule has 0 unspecified atom stereocenters. The third-order valence-corrected chi connectivity index (χ3v) is 3.85. The summed E-state index contributed by atoms with van der Waals surface area (Å²) in [5.41, 5.74) is -0.970. The smallest absolute Gasteiger partial charge is 0.404 e. The average molecular weight is 357 g/mol. The molecule has 25 heavy (non-hydrogen) atoms.